The number of aromatic nitrogens is 1. The first-order chi connectivity index (χ1) is 8.04. The van der Waals surface area contributed by atoms with Crippen LogP contribution in [0.2, 0.25) is 0 Å². The Balaban J connectivity index is 2.47. The molecule has 92 valence electrons. The first-order valence-corrected chi connectivity index (χ1v) is 5.98. The summed E-state index contributed by atoms with van der Waals surface area (Å²) in [6.45, 7) is 0.563. The fourth-order valence-electron chi connectivity index (χ4n) is 1.09. The zero-order valence-electron chi connectivity index (χ0n) is 8.92. The lowest BCUT2D eigenvalue weighted by Gasteiger charge is -2.09. The van der Waals surface area contributed by atoms with Crippen molar-refractivity contribution in [2.24, 2.45) is 0 Å². The molecule has 0 bridgehead atoms. The lowest BCUT2D eigenvalue weighted by molar-refractivity contribution is -0.141. The van der Waals surface area contributed by atoms with Crippen molar-refractivity contribution in [1.82, 2.24) is 4.98 Å². The Morgan fingerprint density at radius 1 is 1.47 bits per heavy atom. The molecule has 0 fully saturated rings. The third-order valence-corrected chi connectivity index (χ3v) is 2.67. The largest absolute Gasteiger partial charge is 0.433 e. The molecule has 0 atom stereocenters. The van der Waals surface area contributed by atoms with E-state index in [4.69, 9.17) is 6.42 Å². The number of nitrogens with zero attached hydrogens (tertiary/aromatic N) is 1. The third kappa shape index (κ3) is 5.00. The quantitative estimate of drug-likeness (QED) is 0.651. The normalized spacial score (nSPS) is 10.9. The summed E-state index contributed by atoms with van der Waals surface area (Å²) in [5.41, 5.74) is -0.479. The van der Waals surface area contributed by atoms with Crippen LogP contribution in [0.15, 0.2) is 18.3 Å². The molecule has 0 saturated carbocycles. The van der Waals surface area contributed by atoms with Crippen molar-refractivity contribution >= 4 is 17.4 Å². The second kappa shape index (κ2) is 6.40. The molecule has 0 amide bonds. The van der Waals surface area contributed by atoms with Crippen LogP contribution in [0, 0.1) is 12.3 Å². The summed E-state index contributed by atoms with van der Waals surface area (Å²) in [5, 5.41) is 2.89. The number of anilines is 1. The summed E-state index contributed by atoms with van der Waals surface area (Å²) in [6.07, 6.45) is 1.80. The van der Waals surface area contributed by atoms with Crippen molar-refractivity contribution in [3.63, 3.8) is 0 Å². The van der Waals surface area contributed by atoms with Crippen molar-refractivity contribution in [1.29, 1.82) is 0 Å². The minimum absolute atomic E-state index is 0.411. The van der Waals surface area contributed by atoms with Crippen LogP contribution in [-0.4, -0.2) is 23.0 Å². The highest BCUT2D eigenvalue weighted by Crippen LogP contribution is 2.28. The van der Waals surface area contributed by atoms with Crippen molar-refractivity contribution in [2.45, 2.75) is 6.18 Å². The van der Waals surface area contributed by atoms with Crippen LogP contribution < -0.4 is 5.32 Å². The van der Waals surface area contributed by atoms with E-state index < -0.39 is 11.9 Å². The maximum absolute atomic E-state index is 12.3. The number of halogens is 3. The van der Waals surface area contributed by atoms with E-state index in [1.807, 2.05) is 0 Å². The van der Waals surface area contributed by atoms with E-state index in [9.17, 15) is 13.2 Å². The van der Waals surface area contributed by atoms with E-state index in [1.54, 1.807) is 11.8 Å². The molecule has 6 heteroatoms. The van der Waals surface area contributed by atoms with Gasteiger partial charge in [0.15, 0.2) is 0 Å². The van der Waals surface area contributed by atoms with Gasteiger partial charge < -0.3 is 5.32 Å². The van der Waals surface area contributed by atoms with E-state index in [0.29, 0.717) is 18.0 Å². The van der Waals surface area contributed by atoms with Crippen LogP contribution in [0.5, 0.6) is 0 Å². The van der Waals surface area contributed by atoms with Gasteiger partial charge in [0.1, 0.15) is 5.69 Å². The van der Waals surface area contributed by atoms with Gasteiger partial charge in [-0.1, -0.05) is 5.92 Å². The van der Waals surface area contributed by atoms with E-state index in [1.165, 1.54) is 6.07 Å². The molecule has 0 saturated heterocycles. The number of nitrogens with one attached hydrogen (secondary N) is 1. The average Bonchev–Trinajstić information content (AvgIpc) is 2.28. The summed E-state index contributed by atoms with van der Waals surface area (Å²) < 4.78 is 37.0. The Hall–Kier alpha value is -1.35. The molecule has 1 aromatic heterocycles. The van der Waals surface area contributed by atoms with Crippen LogP contribution >= 0.6 is 11.8 Å². The maximum Gasteiger partial charge on any atom is 0.433 e. The van der Waals surface area contributed by atoms with Crippen molar-refractivity contribution in [3.8, 4) is 12.3 Å². The monoisotopic (exact) mass is 260 g/mol. The van der Waals surface area contributed by atoms with E-state index in [2.05, 4.69) is 16.2 Å². The van der Waals surface area contributed by atoms with E-state index in [-0.39, 0.29) is 0 Å². The van der Waals surface area contributed by atoms with Gasteiger partial charge in [-0.05, 0) is 12.1 Å². The van der Waals surface area contributed by atoms with Crippen molar-refractivity contribution in [3.05, 3.63) is 24.0 Å². The Morgan fingerprint density at radius 2 is 2.24 bits per heavy atom. The zero-order chi connectivity index (χ0) is 12.7. The summed E-state index contributed by atoms with van der Waals surface area (Å²) in [5.74, 6) is 3.82. The highest BCUT2D eigenvalue weighted by Gasteiger charge is 2.32. The standard InChI is InChI=1S/C11H11F3N2S/c1-2-6-17-7-5-15-9-3-4-16-10(8-9)11(12,13)14/h1,3-4,8H,5-7H2,(H,15,16). The Labute approximate surface area is 102 Å². The minimum Gasteiger partial charge on any atom is -0.384 e. The number of alkyl halides is 3. The molecule has 0 aliphatic rings. The fraction of sp³-hybridized carbons (Fsp3) is 0.364. The molecule has 0 aliphatic carbocycles. The number of pyridine rings is 1. The van der Waals surface area contributed by atoms with Crippen LogP contribution in [0.3, 0.4) is 0 Å². The Bertz CT molecular complexity index is 398. The second-order valence-electron chi connectivity index (χ2n) is 3.11. The summed E-state index contributed by atoms with van der Waals surface area (Å²) >= 11 is 1.55. The molecule has 2 nitrogen and oxygen atoms in total. The van der Waals surface area contributed by atoms with Gasteiger partial charge in [0.05, 0.1) is 5.75 Å². The lowest BCUT2D eigenvalue weighted by Crippen LogP contribution is -2.10. The third-order valence-electron chi connectivity index (χ3n) is 1.81. The Morgan fingerprint density at radius 3 is 2.88 bits per heavy atom. The lowest BCUT2D eigenvalue weighted by atomic mass is 10.3. The number of rotatable bonds is 5. The predicted octanol–water partition coefficient (Wildman–Crippen LogP) is 2.88. The minimum atomic E-state index is -4.41. The fourth-order valence-corrected chi connectivity index (χ4v) is 1.60. The zero-order valence-corrected chi connectivity index (χ0v) is 9.74. The molecule has 0 aromatic carbocycles. The van der Waals surface area contributed by atoms with Gasteiger partial charge in [-0.25, -0.2) is 0 Å². The molecule has 1 N–H and O–H groups in total. The van der Waals surface area contributed by atoms with Gasteiger partial charge in [0.2, 0.25) is 0 Å². The molecule has 17 heavy (non-hydrogen) atoms. The molecule has 0 radical (unpaired) electrons. The summed E-state index contributed by atoms with van der Waals surface area (Å²) in [4.78, 5) is 3.27. The smallest absolute Gasteiger partial charge is 0.384 e. The molecule has 0 aliphatic heterocycles. The number of thioether (sulfide) groups is 1. The Kier molecular flexibility index (Phi) is 5.16. The highest BCUT2D eigenvalue weighted by atomic mass is 32.2. The SMILES string of the molecule is C#CCSCCNc1ccnc(C(F)(F)F)c1. The molecular formula is C11H11F3N2S. The van der Waals surface area contributed by atoms with E-state index >= 15 is 0 Å². The molecule has 0 spiro atoms. The molecule has 1 aromatic rings. The number of hydrogen-bond donors (Lipinski definition) is 1. The van der Waals surface area contributed by atoms with Gasteiger partial charge in [-0.3, -0.25) is 4.98 Å². The van der Waals surface area contributed by atoms with Crippen LogP contribution in [0.25, 0.3) is 0 Å². The van der Waals surface area contributed by atoms with Crippen molar-refractivity contribution in [2.75, 3.05) is 23.4 Å². The maximum atomic E-state index is 12.3. The van der Waals surface area contributed by atoms with Gasteiger partial charge in [0.25, 0.3) is 0 Å². The van der Waals surface area contributed by atoms with Crippen molar-refractivity contribution < 1.29 is 13.2 Å². The second-order valence-corrected chi connectivity index (χ2v) is 4.22. The molecule has 0 unspecified atom stereocenters. The molecule has 1 rings (SSSR count). The van der Waals surface area contributed by atoms with Crippen LogP contribution in [0.4, 0.5) is 18.9 Å². The summed E-state index contributed by atoms with van der Waals surface area (Å²) in [7, 11) is 0. The average molecular weight is 260 g/mol. The first kappa shape index (κ1) is 13.7. The predicted molar refractivity (Wildman–Crippen MR) is 63.9 cm³/mol. The van der Waals surface area contributed by atoms with Gasteiger partial charge in [-0.2, -0.15) is 13.2 Å². The topological polar surface area (TPSA) is 24.9 Å². The van der Waals surface area contributed by atoms with Crippen LogP contribution in [0.1, 0.15) is 5.69 Å². The number of hydrogen-bond acceptors (Lipinski definition) is 3. The molecule has 1 heterocycles. The number of terminal acetylenes is 1. The van der Waals surface area contributed by atoms with Gasteiger partial charge >= 0.3 is 6.18 Å². The van der Waals surface area contributed by atoms with Gasteiger partial charge in [0, 0.05) is 24.2 Å². The van der Waals surface area contributed by atoms with E-state index in [0.717, 1.165) is 18.0 Å². The summed E-state index contributed by atoms with van der Waals surface area (Å²) in [6, 6.07) is 2.49. The molecular weight excluding hydrogens is 249 g/mol. The van der Waals surface area contributed by atoms with Gasteiger partial charge in [-0.15, -0.1) is 18.2 Å². The van der Waals surface area contributed by atoms with Crippen LogP contribution in [-0.2, 0) is 6.18 Å². The first-order valence-electron chi connectivity index (χ1n) is 4.82. The highest BCUT2D eigenvalue weighted by molar-refractivity contribution is 7.99.